The van der Waals surface area contributed by atoms with Gasteiger partial charge in [-0.15, -0.1) is 0 Å². The van der Waals surface area contributed by atoms with Gasteiger partial charge in [0, 0.05) is 5.69 Å². The molecule has 0 amide bonds. The van der Waals surface area contributed by atoms with E-state index in [0.29, 0.717) is 5.56 Å². The highest BCUT2D eigenvalue weighted by Crippen LogP contribution is 2.23. The zero-order valence-corrected chi connectivity index (χ0v) is 8.89. The molecule has 0 aliphatic heterocycles. The lowest BCUT2D eigenvalue weighted by Gasteiger charge is -2.09. The van der Waals surface area contributed by atoms with Crippen LogP contribution in [0.25, 0.3) is 0 Å². The number of nitrogens with zero attached hydrogens (tertiary/aromatic N) is 1. The Hall–Kier alpha value is -1.56. The fourth-order valence-corrected chi connectivity index (χ4v) is 2.34. The maximum atomic E-state index is 11.6. The average Bonchev–Trinajstić information content (AvgIpc) is 2.44. The largest absolute Gasteiger partial charge is 0.325 e. The van der Waals surface area contributed by atoms with Crippen LogP contribution in [0.15, 0.2) is 4.79 Å². The minimum absolute atomic E-state index is 0.226. The molecule has 2 rings (SSSR count). The second-order valence-corrected chi connectivity index (χ2v) is 4.08. The Kier molecular flexibility index (Phi) is 2.59. The summed E-state index contributed by atoms with van der Waals surface area (Å²) in [6.45, 7) is 1.92. The van der Waals surface area contributed by atoms with Gasteiger partial charge in [0.2, 0.25) is 0 Å². The number of hydrogen-bond acceptors (Lipinski definition) is 2. The summed E-state index contributed by atoms with van der Waals surface area (Å²) in [7, 11) is 0. The summed E-state index contributed by atoms with van der Waals surface area (Å²) in [5, 5.41) is 8.99. The third kappa shape index (κ3) is 1.68. The van der Waals surface area contributed by atoms with Gasteiger partial charge in [-0.2, -0.15) is 5.26 Å². The molecule has 0 atom stereocenters. The summed E-state index contributed by atoms with van der Waals surface area (Å²) < 4.78 is 0. The van der Waals surface area contributed by atoms with Crippen LogP contribution in [0.1, 0.15) is 41.6 Å². The number of hydrogen-bond donors (Lipinski definition) is 1. The minimum Gasteiger partial charge on any atom is -0.325 e. The summed E-state index contributed by atoms with van der Waals surface area (Å²) in [6.07, 6.45) is 5.30. The molecule has 78 valence electrons. The van der Waals surface area contributed by atoms with Crippen LogP contribution < -0.4 is 5.56 Å². The highest BCUT2D eigenvalue weighted by atomic mass is 16.1. The van der Waals surface area contributed by atoms with Crippen molar-refractivity contribution in [2.24, 2.45) is 0 Å². The van der Waals surface area contributed by atoms with E-state index < -0.39 is 0 Å². The van der Waals surface area contributed by atoms with E-state index in [1.54, 1.807) is 0 Å². The van der Waals surface area contributed by atoms with Gasteiger partial charge in [-0.3, -0.25) is 4.79 Å². The summed E-state index contributed by atoms with van der Waals surface area (Å²) >= 11 is 0. The van der Waals surface area contributed by atoms with E-state index in [0.717, 1.165) is 36.9 Å². The molecule has 0 spiro atoms. The fraction of sp³-hybridized carbons (Fsp3) is 0.500. The van der Waals surface area contributed by atoms with Gasteiger partial charge in [0.25, 0.3) is 5.56 Å². The molecule has 1 aliphatic rings. The molecule has 0 radical (unpaired) electrons. The maximum absolute atomic E-state index is 11.6. The van der Waals surface area contributed by atoms with Gasteiger partial charge in [0.05, 0.1) is 0 Å². The molecule has 3 nitrogen and oxygen atoms in total. The molecule has 1 heterocycles. The first-order valence-corrected chi connectivity index (χ1v) is 5.38. The summed E-state index contributed by atoms with van der Waals surface area (Å²) in [5.74, 6) is 0. The van der Waals surface area contributed by atoms with Crippen LogP contribution in [0, 0.1) is 18.3 Å². The molecule has 3 heteroatoms. The van der Waals surface area contributed by atoms with Gasteiger partial charge >= 0.3 is 0 Å². The van der Waals surface area contributed by atoms with Gasteiger partial charge in [-0.05, 0) is 43.7 Å². The topological polar surface area (TPSA) is 56.6 Å². The Morgan fingerprint density at radius 3 is 2.53 bits per heavy atom. The Morgan fingerprint density at radius 2 is 1.87 bits per heavy atom. The number of fused-ring (bicyclic) bond motifs is 1. The number of H-pyrrole nitrogens is 1. The molecule has 15 heavy (non-hydrogen) atoms. The normalized spacial score (nSPS) is 15.2. The predicted molar refractivity (Wildman–Crippen MR) is 57.8 cm³/mol. The molecular weight excluding hydrogens is 188 g/mol. The lowest BCUT2D eigenvalue weighted by molar-refractivity contribution is 0.710. The third-order valence-electron chi connectivity index (χ3n) is 3.11. The van der Waals surface area contributed by atoms with E-state index in [1.807, 2.05) is 13.0 Å². The Balaban J connectivity index is 2.70. The van der Waals surface area contributed by atoms with Gasteiger partial charge in [-0.1, -0.05) is 6.42 Å². The monoisotopic (exact) mass is 202 g/mol. The quantitative estimate of drug-likeness (QED) is 0.652. The summed E-state index contributed by atoms with van der Waals surface area (Å²) in [5.41, 5.74) is 3.24. The van der Waals surface area contributed by atoms with E-state index in [4.69, 9.17) is 5.26 Å². The molecule has 0 aromatic carbocycles. The van der Waals surface area contributed by atoms with Crippen molar-refractivity contribution in [3.8, 4) is 6.07 Å². The molecule has 0 saturated carbocycles. The van der Waals surface area contributed by atoms with Gasteiger partial charge < -0.3 is 4.98 Å². The number of aromatic amines is 1. The highest BCUT2D eigenvalue weighted by Gasteiger charge is 2.17. The molecule has 0 bridgehead atoms. The molecule has 0 fully saturated rings. The van der Waals surface area contributed by atoms with Gasteiger partial charge in [-0.25, -0.2) is 0 Å². The zero-order chi connectivity index (χ0) is 10.8. The summed E-state index contributed by atoms with van der Waals surface area (Å²) in [4.78, 5) is 14.3. The summed E-state index contributed by atoms with van der Waals surface area (Å²) in [6, 6.07) is 2.03. The predicted octanol–water partition coefficient (Wildman–Crippen LogP) is 1.82. The fourth-order valence-electron chi connectivity index (χ4n) is 2.34. The molecule has 0 saturated heterocycles. The molecular formula is C12H14N2O. The smallest absolute Gasteiger partial charge is 0.266 e. The number of aryl methyl sites for hydroxylation is 1. The van der Waals surface area contributed by atoms with Crippen molar-refractivity contribution in [1.29, 1.82) is 5.26 Å². The standard InChI is InChI=1S/C12H14N2O/c1-8-9-5-3-2-4-6-10(9)11(7-13)12(15)14-8/h2-6H2,1H3,(H,14,15). The second-order valence-electron chi connectivity index (χ2n) is 4.08. The van der Waals surface area contributed by atoms with Crippen molar-refractivity contribution < 1.29 is 0 Å². The van der Waals surface area contributed by atoms with Crippen LogP contribution in [0.3, 0.4) is 0 Å². The first-order chi connectivity index (χ1) is 7.24. The Morgan fingerprint density at radius 1 is 1.20 bits per heavy atom. The number of rotatable bonds is 0. The van der Waals surface area contributed by atoms with Gasteiger partial charge in [0.15, 0.2) is 0 Å². The molecule has 1 aromatic heterocycles. The minimum atomic E-state index is -0.226. The van der Waals surface area contributed by atoms with Crippen molar-refractivity contribution >= 4 is 0 Å². The lowest BCUT2D eigenvalue weighted by atomic mass is 9.98. The first kappa shape index (κ1) is 9.97. The van der Waals surface area contributed by atoms with E-state index in [9.17, 15) is 4.79 Å². The van der Waals surface area contributed by atoms with Crippen molar-refractivity contribution in [1.82, 2.24) is 4.98 Å². The van der Waals surface area contributed by atoms with E-state index in [1.165, 1.54) is 12.0 Å². The lowest BCUT2D eigenvalue weighted by Crippen LogP contribution is -2.17. The Labute approximate surface area is 88.8 Å². The number of pyridine rings is 1. The van der Waals surface area contributed by atoms with Crippen LogP contribution in [-0.4, -0.2) is 4.98 Å². The number of nitrogens with one attached hydrogen (secondary N) is 1. The van der Waals surface area contributed by atoms with E-state index in [-0.39, 0.29) is 5.56 Å². The molecule has 1 aliphatic carbocycles. The maximum Gasteiger partial charge on any atom is 0.266 e. The van der Waals surface area contributed by atoms with Crippen LogP contribution in [-0.2, 0) is 12.8 Å². The van der Waals surface area contributed by atoms with Crippen molar-refractivity contribution in [2.45, 2.75) is 39.0 Å². The average molecular weight is 202 g/mol. The van der Waals surface area contributed by atoms with Crippen LogP contribution in [0.4, 0.5) is 0 Å². The SMILES string of the molecule is Cc1[nH]c(=O)c(C#N)c2c1CCCCC2. The van der Waals surface area contributed by atoms with Crippen molar-refractivity contribution in [2.75, 3.05) is 0 Å². The number of aromatic nitrogens is 1. The van der Waals surface area contributed by atoms with Gasteiger partial charge in [0.1, 0.15) is 11.6 Å². The second kappa shape index (κ2) is 3.90. The van der Waals surface area contributed by atoms with E-state index >= 15 is 0 Å². The molecule has 1 N–H and O–H groups in total. The third-order valence-corrected chi connectivity index (χ3v) is 3.11. The highest BCUT2D eigenvalue weighted by molar-refractivity contribution is 5.43. The number of nitriles is 1. The van der Waals surface area contributed by atoms with Crippen LogP contribution >= 0.6 is 0 Å². The van der Waals surface area contributed by atoms with Crippen molar-refractivity contribution in [3.63, 3.8) is 0 Å². The van der Waals surface area contributed by atoms with Crippen LogP contribution in [0.2, 0.25) is 0 Å². The van der Waals surface area contributed by atoms with E-state index in [2.05, 4.69) is 4.98 Å². The Bertz CT molecular complexity index is 480. The first-order valence-electron chi connectivity index (χ1n) is 5.38. The van der Waals surface area contributed by atoms with Crippen LogP contribution in [0.5, 0.6) is 0 Å². The molecule has 0 unspecified atom stereocenters. The molecule has 1 aromatic rings. The van der Waals surface area contributed by atoms with Crippen molar-refractivity contribution in [3.05, 3.63) is 32.7 Å². The zero-order valence-electron chi connectivity index (χ0n) is 8.89.